The van der Waals surface area contributed by atoms with Gasteiger partial charge in [0, 0.05) is 12.2 Å². The number of phenolic OH excluding ortho intramolecular Hbond substituents is 1. The summed E-state index contributed by atoms with van der Waals surface area (Å²) < 4.78 is 0.764. The van der Waals surface area contributed by atoms with Gasteiger partial charge in [0.25, 0.3) is 0 Å². The van der Waals surface area contributed by atoms with Crippen molar-refractivity contribution in [3.63, 3.8) is 0 Å². The zero-order valence-corrected chi connectivity index (χ0v) is 8.89. The van der Waals surface area contributed by atoms with Crippen LogP contribution in [0.1, 0.15) is 18.4 Å². The molecular formula is C10H12BrNO. The quantitative estimate of drug-likeness (QED) is 0.685. The van der Waals surface area contributed by atoms with Crippen LogP contribution in [-0.4, -0.2) is 11.7 Å². The third-order valence-corrected chi connectivity index (χ3v) is 3.00. The third kappa shape index (κ3) is 1.80. The van der Waals surface area contributed by atoms with Crippen LogP contribution >= 0.6 is 15.9 Å². The van der Waals surface area contributed by atoms with Gasteiger partial charge < -0.3 is 10.4 Å². The van der Waals surface area contributed by atoms with Crippen molar-refractivity contribution in [2.75, 3.05) is 11.9 Å². The van der Waals surface area contributed by atoms with Crippen LogP contribution in [0.25, 0.3) is 0 Å². The molecule has 13 heavy (non-hydrogen) atoms. The maximum Gasteiger partial charge on any atom is 0.130 e. The summed E-state index contributed by atoms with van der Waals surface area (Å²) in [5.74, 6) is 0.336. The number of nitrogens with one attached hydrogen (secondary N) is 1. The Balaban J connectivity index is 2.43. The van der Waals surface area contributed by atoms with Crippen molar-refractivity contribution in [1.29, 1.82) is 0 Å². The van der Waals surface area contributed by atoms with E-state index in [-0.39, 0.29) is 0 Å². The highest BCUT2D eigenvalue weighted by molar-refractivity contribution is 9.10. The molecule has 0 saturated heterocycles. The number of benzene rings is 1. The van der Waals surface area contributed by atoms with Crippen molar-refractivity contribution in [1.82, 2.24) is 0 Å². The summed E-state index contributed by atoms with van der Waals surface area (Å²) >= 11 is 3.31. The number of aromatic hydroxyl groups is 1. The molecule has 0 fully saturated rings. The smallest absolute Gasteiger partial charge is 0.130 e. The van der Waals surface area contributed by atoms with Crippen LogP contribution in [0.4, 0.5) is 5.69 Å². The normalized spacial score (nSPS) is 15.8. The van der Waals surface area contributed by atoms with Gasteiger partial charge in [-0.1, -0.05) is 0 Å². The molecule has 1 aromatic rings. The molecule has 0 saturated carbocycles. The van der Waals surface area contributed by atoms with Gasteiger partial charge in [0.1, 0.15) is 5.75 Å². The minimum absolute atomic E-state index is 0.336. The Labute approximate surface area is 86.1 Å². The molecule has 1 aromatic carbocycles. The molecule has 0 amide bonds. The van der Waals surface area contributed by atoms with Crippen LogP contribution in [0.3, 0.4) is 0 Å². The number of aryl methyl sites for hydroxylation is 1. The topological polar surface area (TPSA) is 32.3 Å². The fourth-order valence-corrected chi connectivity index (χ4v) is 1.98. The number of hydrogen-bond donors (Lipinski definition) is 2. The molecule has 0 spiro atoms. The molecule has 1 heterocycles. The second-order valence-corrected chi connectivity index (χ2v) is 4.20. The van der Waals surface area contributed by atoms with Crippen molar-refractivity contribution in [2.24, 2.45) is 0 Å². The molecule has 2 N–H and O–H groups in total. The van der Waals surface area contributed by atoms with Gasteiger partial charge in [-0.15, -0.1) is 0 Å². The highest BCUT2D eigenvalue weighted by Crippen LogP contribution is 2.32. The van der Waals surface area contributed by atoms with Gasteiger partial charge in [0.05, 0.1) is 4.47 Å². The first kappa shape index (κ1) is 8.88. The molecular weight excluding hydrogens is 230 g/mol. The van der Waals surface area contributed by atoms with Gasteiger partial charge in [0.2, 0.25) is 0 Å². The summed E-state index contributed by atoms with van der Waals surface area (Å²) in [5, 5.41) is 12.8. The maximum absolute atomic E-state index is 9.49. The number of anilines is 1. The van der Waals surface area contributed by atoms with Crippen molar-refractivity contribution >= 4 is 21.6 Å². The van der Waals surface area contributed by atoms with Crippen LogP contribution in [0.2, 0.25) is 0 Å². The third-order valence-electron chi connectivity index (χ3n) is 2.36. The Bertz CT molecular complexity index is 294. The average molecular weight is 242 g/mol. The Morgan fingerprint density at radius 3 is 3.00 bits per heavy atom. The van der Waals surface area contributed by atoms with E-state index in [1.165, 1.54) is 18.4 Å². The highest BCUT2D eigenvalue weighted by atomic mass is 79.9. The second-order valence-electron chi connectivity index (χ2n) is 3.34. The molecule has 2 rings (SSSR count). The van der Waals surface area contributed by atoms with Gasteiger partial charge >= 0.3 is 0 Å². The Morgan fingerprint density at radius 1 is 1.31 bits per heavy atom. The van der Waals surface area contributed by atoms with E-state index in [9.17, 15) is 5.11 Å². The molecule has 1 aliphatic heterocycles. The minimum Gasteiger partial charge on any atom is -0.507 e. The van der Waals surface area contributed by atoms with Gasteiger partial charge in [-0.3, -0.25) is 0 Å². The molecule has 0 atom stereocenters. The van der Waals surface area contributed by atoms with E-state index in [0.29, 0.717) is 5.75 Å². The van der Waals surface area contributed by atoms with E-state index in [4.69, 9.17) is 0 Å². The largest absolute Gasteiger partial charge is 0.507 e. The maximum atomic E-state index is 9.49. The number of phenols is 1. The fourth-order valence-electron chi connectivity index (χ4n) is 1.64. The monoisotopic (exact) mass is 241 g/mol. The van der Waals surface area contributed by atoms with Crippen molar-refractivity contribution in [3.8, 4) is 5.75 Å². The summed E-state index contributed by atoms with van der Waals surface area (Å²) in [7, 11) is 0. The molecule has 0 radical (unpaired) electrons. The van der Waals surface area contributed by atoms with E-state index in [1.54, 1.807) is 0 Å². The fraction of sp³-hybridized carbons (Fsp3) is 0.400. The van der Waals surface area contributed by atoms with Crippen LogP contribution in [0.5, 0.6) is 5.75 Å². The van der Waals surface area contributed by atoms with Crippen LogP contribution in [0.15, 0.2) is 16.6 Å². The summed E-state index contributed by atoms with van der Waals surface area (Å²) in [6.45, 7) is 1.03. The number of hydrogen-bond acceptors (Lipinski definition) is 2. The lowest BCUT2D eigenvalue weighted by Crippen LogP contribution is -1.99. The first-order valence-corrected chi connectivity index (χ1v) is 5.32. The average Bonchev–Trinajstić information content (AvgIpc) is 2.31. The first-order chi connectivity index (χ1) is 6.27. The molecule has 1 aliphatic rings. The predicted molar refractivity (Wildman–Crippen MR) is 57.2 cm³/mol. The van der Waals surface area contributed by atoms with E-state index < -0.39 is 0 Å². The predicted octanol–water partition coefficient (Wildman–Crippen LogP) is 2.90. The van der Waals surface area contributed by atoms with Crippen molar-refractivity contribution < 1.29 is 5.11 Å². The lowest BCUT2D eigenvalue weighted by Gasteiger charge is -2.08. The standard InChI is InChI=1S/C10H12BrNO/c11-8-6-9-7(5-10(8)13)3-1-2-4-12-9/h5-6,12-13H,1-4H2. The second kappa shape index (κ2) is 3.58. The number of halogens is 1. The van der Waals surface area contributed by atoms with Crippen LogP contribution in [-0.2, 0) is 6.42 Å². The highest BCUT2D eigenvalue weighted by Gasteiger charge is 2.09. The van der Waals surface area contributed by atoms with Gasteiger partial charge in [-0.2, -0.15) is 0 Å². The van der Waals surface area contributed by atoms with Gasteiger partial charge in [-0.25, -0.2) is 0 Å². The first-order valence-electron chi connectivity index (χ1n) is 4.52. The molecule has 0 bridgehead atoms. The molecule has 0 unspecified atom stereocenters. The minimum atomic E-state index is 0.336. The van der Waals surface area contributed by atoms with Crippen LogP contribution < -0.4 is 5.32 Å². The molecule has 0 aromatic heterocycles. The zero-order valence-electron chi connectivity index (χ0n) is 7.31. The van der Waals surface area contributed by atoms with Gasteiger partial charge in [0.15, 0.2) is 0 Å². The molecule has 2 nitrogen and oxygen atoms in total. The molecule has 3 heteroatoms. The van der Waals surface area contributed by atoms with Crippen molar-refractivity contribution in [3.05, 3.63) is 22.2 Å². The SMILES string of the molecule is Oc1cc2c(cc1Br)NCCCC2. The zero-order chi connectivity index (χ0) is 9.26. The van der Waals surface area contributed by atoms with Crippen LogP contribution in [0, 0.1) is 0 Å². The Hall–Kier alpha value is -0.700. The number of rotatable bonds is 0. The Kier molecular flexibility index (Phi) is 2.44. The van der Waals surface area contributed by atoms with Crippen molar-refractivity contribution in [2.45, 2.75) is 19.3 Å². The van der Waals surface area contributed by atoms with Gasteiger partial charge in [-0.05, 0) is 52.9 Å². The van der Waals surface area contributed by atoms with E-state index in [1.807, 2.05) is 12.1 Å². The lowest BCUT2D eigenvalue weighted by atomic mass is 10.1. The van der Waals surface area contributed by atoms with E-state index >= 15 is 0 Å². The lowest BCUT2D eigenvalue weighted by molar-refractivity contribution is 0.471. The number of fused-ring (bicyclic) bond motifs is 1. The summed E-state index contributed by atoms with van der Waals surface area (Å²) in [4.78, 5) is 0. The van der Waals surface area contributed by atoms with E-state index in [2.05, 4.69) is 21.2 Å². The summed E-state index contributed by atoms with van der Waals surface area (Å²) in [6.07, 6.45) is 3.46. The Morgan fingerprint density at radius 2 is 2.15 bits per heavy atom. The van der Waals surface area contributed by atoms with E-state index in [0.717, 1.165) is 23.1 Å². The summed E-state index contributed by atoms with van der Waals surface area (Å²) in [6, 6.07) is 3.80. The molecule has 0 aliphatic carbocycles. The summed E-state index contributed by atoms with van der Waals surface area (Å²) in [5.41, 5.74) is 2.38. The molecule has 70 valence electrons.